The van der Waals surface area contributed by atoms with Crippen molar-refractivity contribution in [2.24, 2.45) is 0 Å². The number of nitriles is 2. The summed E-state index contributed by atoms with van der Waals surface area (Å²) in [5.41, 5.74) is 0.528. The number of rotatable bonds is 6. The third-order valence-electron chi connectivity index (χ3n) is 5.82. The number of methoxy groups -OCH3 is 1. The molecule has 0 bridgehead atoms. The molecule has 2 atom stereocenters. The van der Waals surface area contributed by atoms with Crippen LogP contribution in [0.15, 0.2) is 18.2 Å². The van der Waals surface area contributed by atoms with Crippen LogP contribution in [0.1, 0.15) is 44.1 Å². The van der Waals surface area contributed by atoms with E-state index in [2.05, 4.69) is 23.4 Å². The first-order valence-electron chi connectivity index (χ1n) is 10.2. The second-order valence-electron chi connectivity index (χ2n) is 7.66. The van der Waals surface area contributed by atoms with Crippen molar-refractivity contribution in [2.45, 2.75) is 62.8 Å². The number of likely N-dealkylation sites (tertiary alicyclic amines) is 1. The van der Waals surface area contributed by atoms with Gasteiger partial charge in [-0.05, 0) is 50.7 Å². The Morgan fingerprint density at radius 2 is 1.90 bits per heavy atom. The number of carbonyl (C=O) groups is 1. The lowest BCUT2D eigenvalue weighted by atomic mass is 9.93. The van der Waals surface area contributed by atoms with Crippen LogP contribution in [-0.2, 0) is 4.79 Å². The van der Waals surface area contributed by atoms with Crippen LogP contribution in [0.25, 0.3) is 0 Å². The van der Waals surface area contributed by atoms with Gasteiger partial charge in [0.2, 0.25) is 5.91 Å². The van der Waals surface area contributed by atoms with Crippen molar-refractivity contribution in [3.8, 4) is 36.0 Å². The van der Waals surface area contributed by atoms with E-state index in [-0.39, 0.29) is 30.6 Å². The molecule has 7 nitrogen and oxygen atoms in total. The van der Waals surface area contributed by atoms with E-state index in [1.165, 1.54) is 0 Å². The number of terminal acetylenes is 1. The molecule has 1 aliphatic carbocycles. The van der Waals surface area contributed by atoms with Crippen LogP contribution in [0.2, 0.25) is 0 Å². The SMILES string of the molecule is C#CC1CC[C@@H](C#N)N1C(=O)CNC1CCC(Oc2ccc(C#N)cc2OC)CC1. The molecule has 2 aliphatic rings. The Balaban J connectivity index is 1.47. The zero-order valence-corrected chi connectivity index (χ0v) is 17.1. The second kappa shape index (κ2) is 10.0. The van der Waals surface area contributed by atoms with Crippen LogP contribution in [0.3, 0.4) is 0 Å². The summed E-state index contributed by atoms with van der Waals surface area (Å²) in [4.78, 5) is 14.2. The summed E-state index contributed by atoms with van der Waals surface area (Å²) in [6.07, 6.45) is 10.4. The lowest BCUT2D eigenvalue weighted by Crippen LogP contribution is -2.47. The molecule has 156 valence electrons. The Hall–Kier alpha value is -3.21. The van der Waals surface area contributed by atoms with E-state index in [1.54, 1.807) is 30.2 Å². The largest absolute Gasteiger partial charge is 0.493 e. The molecule has 0 spiro atoms. The van der Waals surface area contributed by atoms with Gasteiger partial charge in [0.1, 0.15) is 6.04 Å². The molecule has 0 radical (unpaired) electrons. The number of amides is 1. The number of nitrogens with zero attached hydrogens (tertiary/aromatic N) is 3. The number of benzene rings is 1. The summed E-state index contributed by atoms with van der Waals surface area (Å²) in [5.74, 6) is 3.71. The lowest BCUT2D eigenvalue weighted by Gasteiger charge is -2.31. The van der Waals surface area contributed by atoms with E-state index in [9.17, 15) is 10.1 Å². The normalized spacial score (nSPS) is 25.6. The molecule has 1 amide bonds. The van der Waals surface area contributed by atoms with Gasteiger partial charge in [-0.1, -0.05) is 5.92 Å². The average Bonchev–Trinajstić information content (AvgIpc) is 3.22. The van der Waals surface area contributed by atoms with E-state index in [4.69, 9.17) is 21.2 Å². The minimum absolute atomic E-state index is 0.0629. The lowest BCUT2D eigenvalue weighted by molar-refractivity contribution is -0.131. The predicted molar refractivity (Wildman–Crippen MR) is 110 cm³/mol. The maximum atomic E-state index is 12.6. The zero-order chi connectivity index (χ0) is 21.5. The Morgan fingerprint density at radius 1 is 1.17 bits per heavy atom. The fourth-order valence-electron chi connectivity index (χ4n) is 4.17. The molecule has 1 saturated heterocycles. The summed E-state index contributed by atoms with van der Waals surface area (Å²) >= 11 is 0. The number of hydrogen-bond donors (Lipinski definition) is 1. The first-order valence-corrected chi connectivity index (χ1v) is 10.2. The van der Waals surface area contributed by atoms with Crippen molar-refractivity contribution >= 4 is 5.91 Å². The monoisotopic (exact) mass is 406 g/mol. The summed E-state index contributed by atoms with van der Waals surface area (Å²) in [6, 6.07) is 8.94. The Labute approximate surface area is 177 Å². The quantitative estimate of drug-likeness (QED) is 0.728. The van der Waals surface area contributed by atoms with Gasteiger partial charge < -0.3 is 19.7 Å². The summed E-state index contributed by atoms with van der Waals surface area (Å²) < 4.78 is 11.4. The summed E-state index contributed by atoms with van der Waals surface area (Å²) in [6.45, 7) is 0.190. The van der Waals surface area contributed by atoms with Gasteiger partial charge in [0.25, 0.3) is 0 Å². The van der Waals surface area contributed by atoms with Gasteiger partial charge in [0.05, 0.1) is 43.5 Å². The molecule has 2 fully saturated rings. The highest BCUT2D eigenvalue weighted by molar-refractivity contribution is 5.80. The molecular formula is C23H26N4O3. The predicted octanol–water partition coefficient (Wildman–Crippen LogP) is 2.36. The number of nitrogens with one attached hydrogen (secondary N) is 1. The molecule has 1 unspecified atom stereocenters. The molecule has 1 saturated carbocycles. The van der Waals surface area contributed by atoms with E-state index >= 15 is 0 Å². The first-order chi connectivity index (χ1) is 14.6. The fraction of sp³-hybridized carbons (Fsp3) is 0.522. The van der Waals surface area contributed by atoms with E-state index in [0.29, 0.717) is 29.9 Å². The molecule has 1 N–H and O–H groups in total. The van der Waals surface area contributed by atoms with Crippen LogP contribution < -0.4 is 14.8 Å². The van der Waals surface area contributed by atoms with Crippen molar-refractivity contribution < 1.29 is 14.3 Å². The number of carbonyl (C=O) groups excluding carboxylic acids is 1. The maximum Gasteiger partial charge on any atom is 0.238 e. The third kappa shape index (κ3) is 4.85. The van der Waals surface area contributed by atoms with Crippen LogP contribution in [0, 0.1) is 35.0 Å². The minimum atomic E-state index is -0.424. The van der Waals surface area contributed by atoms with Gasteiger partial charge in [-0.3, -0.25) is 4.79 Å². The van der Waals surface area contributed by atoms with Crippen molar-refractivity contribution in [3.05, 3.63) is 23.8 Å². The highest BCUT2D eigenvalue weighted by atomic mass is 16.5. The molecule has 1 aliphatic heterocycles. The van der Waals surface area contributed by atoms with Crippen LogP contribution in [-0.4, -0.2) is 48.7 Å². The second-order valence-corrected chi connectivity index (χ2v) is 7.66. The maximum absolute atomic E-state index is 12.6. The molecule has 7 heteroatoms. The third-order valence-corrected chi connectivity index (χ3v) is 5.82. The number of ether oxygens (including phenoxy) is 2. The van der Waals surface area contributed by atoms with Crippen LogP contribution in [0.4, 0.5) is 0 Å². The summed E-state index contributed by atoms with van der Waals surface area (Å²) in [5, 5.41) is 21.6. The fourth-order valence-corrected chi connectivity index (χ4v) is 4.17. The van der Waals surface area contributed by atoms with Gasteiger partial charge in [-0.25, -0.2) is 0 Å². The smallest absolute Gasteiger partial charge is 0.238 e. The van der Waals surface area contributed by atoms with E-state index in [1.807, 2.05) is 0 Å². The molecule has 30 heavy (non-hydrogen) atoms. The molecule has 1 aromatic rings. The standard InChI is InChI=1S/C23H26N4O3/c1-3-18-7-8-19(14-25)27(18)23(28)15-26-17-5-9-20(10-6-17)30-21-11-4-16(13-24)12-22(21)29-2/h1,4,11-12,17-20,26H,5-10,15H2,2H3/t17?,18?,19-,20?/m0/s1. The van der Waals surface area contributed by atoms with E-state index in [0.717, 1.165) is 25.7 Å². The highest BCUT2D eigenvalue weighted by Crippen LogP contribution is 2.32. The molecule has 3 rings (SSSR count). The topological polar surface area (TPSA) is 98.4 Å². The highest BCUT2D eigenvalue weighted by Gasteiger charge is 2.36. The van der Waals surface area contributed by atoms with Crippen molar-refractivity contribution in [2.75, 3.05) is 13.7 Å². The van der Waals surface area contributed by atoms with Crippen molar-refractivity contribution in [3.63, 3.8) is 0 Å². The number of hydrogen-bond acceptors (Lipinski definition) is 6. The molecule has 1 heterocycles. The first kappa shape index (κ1) is 21.5. The molecule has 0 aromatic heterocycles. The van der Waals surface area contributed by atoms with E-state index < -0.39 is 6.04 Å². The van der Waals surface area contributed by atoms with Crippen molar-refractivity contribution in [1.29, 1.82) is 10.5 Å². The Kier molecular flexibility index (Phi) is 7.17. The van der Waals surface area contributed by atoms with Gasteiger partial charge in [-0.15, -0.1) is 6.42 Å². The van der Waals surface area contributed by atoms with Gasteiger partial charge in [0.15, 0.2) is 11.5 Å². The van der Waals surface area contributed by atoms with Gasteiger partial charge >= 0.3 is 0 Å². The van der Waals surface area contributed by atoms with Gasteiger partial charge in [0, 0.05) is 12.1 Å². The summed E-state index contributed by atoms with van der Waals surface area (Å²) in [7, 11) is 1.56. The minimum Gasteiger partial charge on any atom is -0.493 e. The molecular weight excluding hydrogens is 380 g/mol. The Morgan fingerprint density at radius 3 is 2.53 bits per heavy atom. The van der Waals surface area contributed by atoms with Crippen LogP contribution in [0.5, 0.6) is 11.5 Å². The van der Waals surface area contributed by atoms with Crippen LogP contribution >= 0.6 is 0 Å². The Bertz CT molecular complexity index is 865. The average molecular weight is 406 g/mol. The van der Waals surface area contributed by atoms with Crippen molar-refractivity contribution in [1.82, 2.24) is 10.2 Å². The van der Waals surface area contributed by atoms with Gasteiger partial charge in [-0.2, -0.15) is 10.5 Å². The molecule has 1 aromatic carbocycles. The zero-order valence-electron chi connectivity index (χ0n) is 17.1.